The van der Waals surface area contributed by atoms with Crippen molar-refractivity contribution in [2.45, 2.75) is 25.5 Å². The molecule has 0 spiro atoms. The molecule has 0 aliphatic carbocycles. The third-order valence-electron chi connectivity index (χ3n) is 3.18. The van der Waals surface area contributed by atoms with Gasteiger partial charge < -0.3 is 15.0 Å². The van der Waals surface area contributed by atoms with Gasteiger partial charge in [-0.3, -0.25) is 0 Å². The van der Waals surface area contributed by atoms with Crippen LogP contribution < -0.4 is 10.1 Å². The molecule has 0 atom stereocenters. The molecule has 1 fully saturated rings. The molecule has 0 bridgehead atoms. The van der Waals surface area contributed by atoms with Crippen LogP contribution in [0.4, 0.5) is 14.5 Å². The Hall–Kier alpha value is -1.36. The van der Waals surface area contributed by atoms with Gasteiger partial charge in [-0.05, 0) is 45.1 Å². The summed E-state index contributed by atoms with van der Waals surface area (Å²) in [6, 6.07) is 7.16. The van der Waals surface area contributed by atoms with Gasteiger partial charge in [0.1, 0.15) is 5.75 Å². The lowest BCUT2D eigenvalue weighted by molar-refractivity contribution is -0.0494. The van der Waals surface area contributed by atoms with Gasteiger partial charge in [-0.15, -0.1) is 0 Å². The van der Waals surface area contributed by atoms with Gasteiger partial charge in [-0.2, -0.15) is 8.78 Å². The van der Waals surface area contributed by atoms with Crippen molar-refractivity contribution in [3.05, 3.63) is 24.3 Å². The van der Waals surface area contributed by atoms with E-state index in [4.69, 9.17) is 0 Å². The Labute approximate surface area is 106 Å². The molecule has 1 aliphatic heterocycles. The Morgan fingerprint density at radius 1 is 1.28 bits per heavy atom. The number of nitrogens with one attached hydrogen (secondary N) is 1. The molecule has 3 nitrogen and oxygen atoms in total. The average Bonchev–Trinajstić information content (AvgIpc) is 2.34. The lowest BCUT2D eigenvalue weighted by atomic mass is 10.1. The second kappa shape index (κ2) is 6.00. The number of ether oxygens (including phenoxy) is 1. The quantitative estimate of drug-likeness (QED) is 0.896. The maximum atomic E-state index is 12.3. The van der Waals surface area contributed by atoms with Crippen LogP contribution >= 0.6 is 0 Å². The Morgan fingerprint density at radius 2 is 1.94 bits per heavy atom. The van der Waals surface area contributed by atoms with Crippen LogP contribution in [0.3, 0.4) is 0 Å². The Balaban J connectivity index is 2.00. The van der Waals surface area contributed by atoms with Crippen LogP contribution in [-0.4, -0.2) is 37.7 Å². The minimum Gasteiger partial charge on any atom is -0.433 e. The van der Waals surface area contributed by atoms with Gasteiger partial charge in [-0.25, -0.2) is 0 Å². The summed E-state index contributed by atoms with van der Waals surface area (Å²) in [6.45, 7) is -0.740. The molecule has 1 aromatic carbocycles. The topological polar surface area (TPSA) is 24.5 Å². The summed E-state index contributed by atoms with van der Waals surface area (Å²) in [5.74, 6) is 0.214. The molecule has 100 valence electrons. The van der Waals surface area contributed by atoms with E-state index in [1.807, 2.05) is 6.07 Å². The number of alkyl halides is 2. The van der Waals surface area contributed by atoms with Crippen LogP contribution in [0.15, 0.2) is 24.3 Å². The van der Waals surface area contributed by atoms with E-state index in [0.29, 0.717) is 11.7 Å². The highest BCUT2D eigenvalue weighted by molar-refractivity contribution is 5.56. The van der Waals surface area contributed by atoms with E-state index in [1.54, 1.807) is 18.2 Å². The highest BCUT2D eigenvalue weighted by atomic mass is 19.3. The fourth-order valence-electron chi connectivity index (χ4n) is 2.16. The number of nitrogens with zero attached hydrogens (tertiary/aromatic N) is 1. The summed E-state index contributed by atoms with van der Waals surface area (Å²) in [6.07, 6.45) is 2.03. The van der Waals surface area contributed by atoms with Gasteiger partial charge in [0, 0.05) is 6.04 Å². The van der Waals surface area contributed by atoms with E-state index in [-0.39, 0.29) is 5.75 Å². The summed E-state index contributed by atoms with van der Waals surface area (Å²) in [4.78, 5) is 2.26. The first-order chi connectivity index (χ1) is 8.65. The van der Waals surface area contributed by atoms with Crippen molar-refractivity contribution in [1.29, 1.82) is 0 Å². The van der Waals surface area contributed by atoms with Gasteiger partial charge >= 0.3 is 6.61 Å². The van der Waals surface area contributed by atoms with Crippen molar-refractivity contribution in [2.24, 2.45) is 0 Å². The van der Waals surface area contributed by atoms with Crippen LogP contribution in [0.5, 0.6) is 5.75 Å². The van der Waals surface area contributed by atoms with Crippen molar-refractivity contribution in [1.82, 2.24) is 4.90 Å². The zero-order valence-electron chi connectivity index (χ0n) is 10.4. The van der Waals surface area contributed by atoms with Gasteiger partial charge in [0.25, 0.3) is 0 Å². The third-order valence-corrected chi connectivity index (χ3v) is 3.18. The maximum absolute atomic E-state index is 12.3. The summed E-state index contributed by atoms with van der Waals surface area (Å²) < 4.78 is 29.0. The summed E-state index contributed by atoms with van der Waals surface area (Å²) in [5.41, 5.74) is 0.646. The van der Waals surface area contributed by atoms with Crippen LogP contribution in [0.1, 0.15) is 12.8 Å². The molecule has 1 saturated heterocycles. The number of anilines is 1. The largest absolute Gasteiger partial charge is 0.433 e. The van der Waals surface area contributed by atoms with Gasteiger partial charge in [0.2, 0.25) is 0 Å². The Bertz CT molecular complexity index is 379. The number of hydrogen-bond acceptors (Lipinski definition) is 3. The molecule has 5 heteroatoms. The lowest BCUT2D eigenvalue weighted by Crippen LogP contribution is -2.36. The molecule has 1 N–H and O–H groups in total. The minimum absolute atomic E-state index is 0.214. The predicted octanol–water partition coefficient (Wildman–Crippen LogP) is 2.79. The average molecular weight is 256 g/mol. The van der Waals surface area contributed by atoms with E-state index in [0.717, 1.165) is 25.9 Å². The zero-order chi connectivity index (χ0) is 13.0. The van der Waals surface area contributed by atoms with Crippen molar-refractivity contribution < 1.29 is 13.5 Å². The molecule has 18 heavy (non-hydrogen) atoms. The van der Waals surface area contributed by atoms with Gasteiger partial charge in [0.15, 0.2) is 0 Å². The van der Waals surface area contributed by atoms with E-state index in [2.05, 4.69) is 22.0 Å². The lowest BCUT2D eigenvalue weighted by Gasteiger charge is -2.30. The molecule has 0 amide bonds. The molecule has 1 aromatic rings. The summed E-state index contributed by atoms with van der Waals surface area (Å²) in [5, 5.41) is 3.29. The van der Waals surface area contributed by atoms with Crippen molar-refractivity contribution in [3.63, 3.8) is 0 Å². The van der Waals surface area contributed by atoms with Crippen LogP contribution in [0.25, 0.3) is 0 Å². The second-order valence-corrected chi connectivity index (χ2v) is 4.60. The highest BCUT2D eigenvalue weighted by Crippen LogP contribution is 2.27. The number of hydrogen-bond donors (Lipinski definition) is 1. The van der Waals surface area contributed by atoms with Crippen molar-refractivity contribution in [3.8, 4) is 5.75 Å². The van der Waals surface area contributed by atoms with Crippen molar-refractivity contribution in [2.75, 3.05) is 25.5 Å². The first-order valence-corrected chi connectivity index (χ1v) is 6.14. The maximum Gasteiger partial charge on any atom is 0.387 e. The third kappa shape index (κ3) is 3.57. The summed E-state index contributed by atoms with van der Waals surface area (Å²) >= 11 is 0. The first kappa shape index (κ1) is 13.1. The predicted molar refractivity (Wildman–Crippen MR) is 67.2 cm³/mol. The molecular formula is C13H18F2N2O. The first-order valence-electron chi connectivity index (χ1n) is 6.14. The number of para-hydroxylation sites is 2. The van der Waals surface area contributed by atoms with E-state index < -0.39 is 6.61 Å². The number of benzene rings is 1. The number of halogens is 2. The van der Waals surface area contributed by atoms with E-state index >= 15 is 0 Å². The smallest absolute Gasteiger partial charge is 0.387 e. The molecule has 2 rings (SSSR count). The number of piperidine rings is 1. The Kier molecular flexibility index (Phi) is 4.36. The molecule has 0 unspecified atom stereocenters. The normalized spacial score (nSPS) is 18.0. The molecule has 0 saturated carbocycles. The summed E-state index contributed by atoms with van der Waals surface area (Å²) in [7, 11) is 2.09. The minimum atomic E-state index is -2.79. The molecular weight excluding hydrogens is 238 g/mol. The standard InChI is InChI=1S/C13H18F2N2O/c1-17-8-6-10(7-9-17)16-11-4-2-3-5-12(11)18-13(14)15/h2-5,10,13,16H,6-9H2,1H3. The van der Waals surface area contributed by atoms with E-state index in [9.17, 15) is 8.78 Å². The van der Waals surface area contributed by atoms with Crippen LogP contribution in [0.2, 0.25) is 0 Å². The fraction of sp³-hybridized carbons (Fsp3) is 0.538. The highest BCUT2D eigenvalue weighted by Gasteiger charge is 2.18. The van der Waals surface area contributed by atoms with E-state index in [1.165, 1.54) is 0 Å². The SMILES string of the molecule is CN1CCC(Nc2ccccc2OC(F)F)CC1. The zero-order valence-corrected chi connectivity index (χ0v) is 10.4. The fourth-order valence-corrected chi connectivity index (χ4v) is 2.16. The van der Waals surface area contributed by atoms with Gasteiger partial charge in [0.05, 0.1) is 5.69 Å². The van der Waals surface area contributed by atoms with Crippen LogP contribution in [0, 0.1) is 0 Å². The van der Waals surface area contributed by atoms with Gasteiger partial charge in [-0.1, -0.05) is 12.1 Å². The second-order valence-electron chi connectivity index (χ2n) is 4.60. The van der Waals surface area contributed by atoms with Crippen LogP contribution in [-0.2, 0) is 0 Å². The number of likely N-dealkylation sites (tertiary alicyclic amines) is 1. The molecule has 1 aliphatic rings. The monoisotopic (exact) mass is 256 g/mol. The molecule has 1 heterocycles. The Morgan fingerprint density at radius 3 is 2.61 bits per heavy atom. The molecule has 0 radical (unpaired) electrons. The molecule has 0 aromatic heterocycles. The number of rotatable bonds is 4. The van der Waals surface area contributed by atoms with Crippen molar-refractivity contribution >= 4 is 5.69 Å².